The molecule has 0 bridgehead atoms. The zero-order valence-corrected chi connectivity index (χ0v) is 16.4. The first kappa shape index (κ1) is 17.4. The van der Waals surface area contributed by atoms with Crippen LogP contribution in [0.4, 0.5) is 0 Å². The van der Waals surface area contributed by atoms with Crippen molar-refractivity contribution in [2.45, 2.75) is 39.2 Å². The van der Waals surface area contributed by atoms with Crippen molar-refractivity contribution in [3.8, 4) is 0 Å². The van der Waals surface area contributed by atoms with Gasteiger partial charge in [-0.15, -0.1) is 0 Å². The summed E-state index contributed by atoms with van der Waals surface area (Å²) < 4.78 is 13.2. The Balaban J connectivity index is 1.47. The summed E-state index contributed by atoms with van der Waals surface area (Å²) in [7, 11) is 1.85. The second kappa shape index (κ2) is 6.41. The van der Waals surface area contributed by atoms with Crippen molar-refractivity contribution < 1.29 is 13.9 Å². The molecular formula is C20H23N5O3. The molecule has 8 nitrogen and oxygen atoms in total. The smallest absolute Gasteiger partial charge is 0.255 e. The van der Waals surface area contributed by atoms with Crippen molar-refractivity contribution in [2.24, 2.45) is 7.05 Å². The normalized spacial score (nSPS) is 19.4. The lowest BCUT2D eigenvalue weighted by atomic mass is 10.1. The number of carbonyl (C=O) groups excluding carboxylic acids is 1. The molecule has 0 saturated carbocycles. The minimum atomic E-state index is -0.00833. The van der Waals surface area contributed by atoms with Gasteiger partial charge in [0, 0.05) is 32.3 Å². The fourth-order valence-corrected chi connectivity index (χ4v) is 4.20. The third kappa shape index (κ3) is 2.71. The summed E-state index contributed by atoms with van der Waals surface area (Å²) >= 11 is 0. The second-order valence-electron chi connectivity index (χ2n) is 7.68. The van der Waals surface area contributed by atoms with Crippen LogP contribution in [0.5, 0.6) is 0 Å². The summed E-state index contributed by atoms with van der Waals surface area (Å²) in [6.45, 7) is 6.32. The fourth-order valence-electron chi connectivity index (χ4n) is 4.20. The summed E-state index contributed by atoms with van der Waals surface area (Å²) in [6.07, 6.45) is 1.62. The monoisotopic (exact) mass is 381 g/mol. The highest BCUT2D eigenvalue weighted by molar-refractivity contribution is 6.06. The first-order chi connectivity index (χ1) is 13.5. The number of ether oxygens (including phenoxy) is 1. The lowest BCUT2D eigenvalue weighted by molar-refractivity contribution is 0.0729. The number of amides is 1. The second-order valence-corrected chi connectivity index (χ2v) is 7.68. The van der Waals surface area contributed by atoms with Crippen LogP contribution in [0.3, 0.4) is 0 Å². The predicted molar refractivity (Wildman–Crippen MR) is 101 cm³/mol. The number of carbonyl (C=O) groups is 1. The first-order valence-corrected chi connectivity index (χ1v) is 9.67. The number of hydrogen-bond acceptors (Lipinski definition) is 6. The van der Waals surface area contributed by atoms with Gasteiger partial charge in [-0.05, 0) is 26.3 Å². The van der Waals surface area contributed by atoms with Gasteiger partial charge in [-0.1, -0.05) is 0 Å². The zero-order valence-electron chi connectivity index (χ0n) is 16.4. The number of fused-ring (bicyclic) bond motifs is 2. The molecule has 0 spiro atoms. The van der Waals surface area contributed by atoms with Crippen LogP contribution in [-0.2, 0) is 24.8 Å². The van der Waals surface area contributed by atoms with Gasteiger partial charge in [0.25, 0.3) is 5.91 Å². The van der Waals surface area contributed by atoms with E-state index in [1.54, 1.807) is 4.68 Å². The maximum atomic E-state index is 13.4. The molecule has 0 aromatic carbocycles. The summed E-state index contributed by atoms with van der Waals surface area (Å²) in [4.78, 5) is 24.5. The summed E-state index contributed by atoms with van der Waals surface area (Å²) in [5.74, 6) is 1.88. The average Bonchev–Trinajstić information content (AvgIpc) is 3.39. The lowest BCUT2D eigenvalue weighted by Crippen LogP contribution is -2.36. The largest absolute Gasteiger partial charge is 0.445 e. The molecule has 3 aromatic heterocycles. The highest BCUT2D eigenvalue weighted by Gasteiger charge is 2.31. The van der Waals surface area contributed by atoms with E-state index in [-0.39, 0.29) is 11.8 Å². The van der Waals surface area contributed by atoms with Crippen LogP contribution < -0.4 is 0 Å². The fraction of sp³-hybridized carbons (Fsp3) is 0.500. The standard InChI is InChI=1S/C20H23N5O3/c1-11-8-14(17-12(2)23-24(3)18(17)21-11)20(26)25-6-4-16-15(9-25)22-19(28-16)13-5-7-27-10-13/h8,13H,4-7,9-10H2,1-3H3. The Morgan fingerprint density at radius 1 is 1.29 bits per heavy atom. The molecule has 3 aromatic rings. The molecule has 1 fully saturated rings. The van der Waals surface area contributed by atoms with Crippen LogP contribution in [0, 0.1) is 13.8 Å². The van der Waals surface area contributed by atoms with E-state index in [9.17, 15) is 4.79 Å². The molecule has 5 heterocycles. The quantitative estimate of drug-likeness (QED) is 0.677. The predicted octanol–water partition coefficient (Wildman–Crippen LogP) is 2.28. The molecular weight excluding hydrogens is 358 g/mol. The molecule has 146 valence electrons. The minimum Gasteiger partial charge on any atom is -0.445 e. The van der Waals surface area contributed by atoms with Gasteiger partial charge in [0.1, 0.15) is 11.5 Å². The van der Waals surface area contributed by atoms with Crippen LogP contribution in [0.2, 0.25) is 0 Å². The minimum absolute atomic E-state index is 0.00833. The Kier molecular flexibility index (Phi) is 3.97. The number of aromatic nitrogens is 4. The Morgan fingerprint density at radius 2 is 2.14 bits per heavy atom. The number of rotatable bonds is 2. The number of nitrogens with zero attached hydrogens (tertiary/aromatic N) is 5. The van der Waals surface area contributed by atoms with Gasteiger partial charge in [0.15, 0.2) is 11.5 Å². The molecule has 1 unspecified atom stereocenters. The van der Waals surface area contributed by atoms with Gasteiger partial charge < -0.3 is 14.1 Å². The molecule has 1 atom stereocenters. The third-order valence-corrected chi connectivity index (χ3v) is 5.64. The van der Waals surface area contributed by atoms with Crippen molar-refractivity contribution in [3.05, 3.63) is 40.4 Å². The molecule has 1 saturated heterocycles. The van der Waals surface area contributed by atoms with Crippen molar-refractivity contribution in [1.82, 2.24) is 24.6 Å². The SMILES string of the molecule is Cc1cc(C(=O)N2CCc3oc(C4CCOC4)nc3C2)c2c(C)nn(C)c2n1. The molecule has 28 heavy (non-hydrogen) atoms. The van der Waals surface area contributed by atoms with Gasteiger partial charge in [-0.3, -0.25) is 9.48 Å². The van der Waals surface area contributed by atoms with Crippen molar-refractivity contribution in [3.63, 3.8) is 0 Å². The molecule has 5 rings (SSSR count). The van der Waals surface area contributed by atoms with Crippen LogP contribution in [0.1, 0.15) is 51.4 Å². The Labute approximate surface area is 162 Å². The van der Waals surface area contributed by atoms with Gasteiger partial charge in [-0.2, -0.15) is 5.10 Å². The molecule has 8 heteroatoms. The topological polar surface area (TPSA) is 86.3 Å². The molecule has 2 aliphatic rings. The van der Waals surface area contributed by atoms with E-state index in [0.29, 0.717) is 31.7 Å². The van der Waals surface area contributed by atoms with E-state index in [0.717, 1.165) is 52.8 Å². The Hall–Kier alpha value is -2.74. The zero-order chi connectivity index (χ0) is 19.4. The van der Waals surface area contributed by atoms with E-state index in [2.05, 4.69) is 10.1 Å². The van der Waals surface area contributed by atoms with E-state index < -0.39 is 0 Å². The van der Waals surface area contributed by atoms with Crippen molar-refractivity contribution >= 4 is 16.9 Å². The first-order valence-electron chi connectivity index (χ1n) is 9.67. The van der Waals surface area contributed by atoms with Crippen LogP contribution in [0.25, 0.3) is 11.0 Å². The van der Waals surface area contributed by atoms with E-state index in [1.165, 1.54) is 0 Å². The molecule has 2 aliphatic heterocycles. The van der Waals surface area contributed by atoms with E-state index in [4.69, 9.17) is 14.1 Å². The van der Waals surface area contributed by atoms with Gasteiger partial charge >= 0.3 is 0 Å². The van der Waals surface area contributed by atoms with Crippen molar-refractivity contribution in [2.75, 3.05) is 19.8 Å². The van der Waals surface area contributed by atoms with Gasteiger partial charge in [0.2, 0.25) is 0 Å². The van der Waals surface area contributed by atoms with E-state index >= 15 is 0 Å². The Bertz CT molecular complexity index is 1080. The summed E-state index contributed by atoms with van der Waals surface area (Å²) in [5, 5.41) is 5.27. The van der Waals surface area contributed by atoms with Crippen LogP contribution in [0.15, 0.2) is 10.5 Å². The third-order valence-electron chi connectivity index (χ3n) is 5.64. The number of aryl methyl sites for hydroxylation is 3. The van der Waals surface area contributed by atoms with Gasteiger partial charge in [0.05, 0.1) is 35.7 Å². The van der Waals surface area contributed by atoms with Crippen LogP contribution in [-0.4, -0.2) is 50.3 Å². The molecule has 0 N–H and O–H groups in total. The van der Waals surface area contributed by atoms with Crippen molar-refractivity contribution in [1.29, 1.82) is 0 Å². The van der Waals surface area contributed by atoms with Gasteiger partial charge in [-0.25, -0.2) is 9.97 Å². The molecule has 1 amide bonds. The lowest BCUT2D eigenvalue weighted by Gasteiger charge is -2.25. The maximum Gasteiger partial charge on any atom is 0.255 e. The summed E-state index contributed by atoms with van der Waals surface area (Å²) in [5.41, 5.74) is 3.89. The van der Waals surface area contributed by atoms with Crippen LogP contribution >= 0.6 is 0 Å². The highest BCUT2D eigenvalue weighted by Crippen LogP contribution is 2.30. The highest BCUT2D eigenvalue weighted by atomic mass is 16.5. The molecule has 0 radical (unpaired) electrons. The Morgan fingerprint density at radius 3 is 2.93 bits per heavy atom. The molecule has 0 aliphatic carbocycles. The number of hydrogen-bond donors (Lipinski definition) is 0. The number of oxazole rings is 1. The maximum absolute atomic E-state index is 13.4. The average molecular weight is 381 g/mol. The van der Waals surface area contributed by atoms with E-state index in [1.807, 2.05) is 31.9 Å². The summed E-state index contributed by atoms with van der Waals surface area (Å²) in [6, 6.07) is 1.86. The number of pyridine rings is 1.